The maximum atomic E-state index is 13.1. The molecular weight excluding hydrogens is 442 g/mol. The van der Waals surface area contributed by atoms with Crippen molar-refractivity contribution in [3.63, 3.8) is 0 Å². The Kier molecular flexibility index (Phi) is 7.48. The average molecular weight is 472 g/mol. The second-order valence-electron chi connectivity index (χ2n) is 9.18. The molecule has 3 amide bonds. The van der Waals surface area contributed by atoms with Gasteiger partial charge in [0.1, 0.15) is 28.3 Å². The summed E-state index contributed by atoms with van der Waals surface area (Å²) in [7, 11) is 0. The lowest BCUT2D eigenvalue weighted by Crippen LogP contribution is -2.70. The molecule has 0 saturated carbocycles. The number of thioether (sulfide) groups is 1. The summed E-state index contributed by atoms with van der Waals surface area (Å²) in [6, 6.07) is -0.803. The van der Waals surface area contributed by atoms with Crippen LogP contribution < -0.4 is 10.6 Å². The Hall–Kier alpha value is -2.76. The van der Waals surface area contributed by atoms with Crippen LogP contribution in [0.5, 0.6) is 0 Å². The first-order chi connectivity index (χ1) is 14.6. The van der Waals surface area contributed by atoms with Crippen LogP contribution in [0.25, 0.3) is 0 Å². The molecule has 0 spiro atoms. The Morgan fingerprint density at radius 2 is 1.72 bits per heavy atom. The number of alkyl carbamates (subject to hydrolysis) is 1. The number of carbonyl (C=O) groups is 5. The van der Waals surface area contributed by atoms with E-state index in [0.29, 0.717) is 6.41 Å². The minimum Gasteiger partial charge on any atom is -0.455 e. The van der Waals surface area contributed by atoms with Crippen molar-refractivity contribution in [3.8, 4) is 0 Å². The number of ether oxygens (including phenoxy) is 3. The van der Waals surface area contributed by atoms with Crippen LogP contribution >= 0.6 is 11.8 Å². The third-order valence-electron chi connectivity index (χ3n) is 4.09. The predicted molar refractivity (Wildman–Crippen MR) is 114 cm³/mol. The normalized spacial score (nSPS) is 21.6. The summed E-state index contributed by atoms with van der Waals surface area (Å²) in [5.74, 6) is -1.94. The molecule has 0 bridgehead atoms. The lowest BCUT2D eigenvalue weighted by Gasteiger charge is -2.50. The number of rotatable bonds is 6. The van der Waals surface area contributed by atoms with E-state index < -0.39 is 52.8 Å². The van der Waals surface area contributed by atoms with Gasteiger partial charge in [0, 0.05) is 18.2 Å². The van der Waals surface area contributed by atoms with Gasteiger partial charge in [-0.25, -0.2) is 9.59 Å². The maximum absolute atomic E-state index is 13.1. The van der Waals surface area contributed by atoms with Crippen LogP contribution in [0.3, 0.4) is 0 Å². The number of hydrogen-bond donors (Lipinski definition) is 2. The van der Waals surface area contributed by atoms with E-state index in [1.54, 1.807) is 41.5 Å². The second-order valence-corrected chi connectivity index (χ2v) is 10.3. The molecule has 0 aromatic rings. The molecule has 1 unspecified atom stereocenters. The highest BCUT2D eigenvalue weighted by Crippen LogP contribution is 2.42. The molecule has 0 aliphatic carbocycles. The molecule has 0 radical (unpaired) electrons. The molecule has 11 nitrogen and oxygen atoms in total. The molecule has 32 heavy (non-hydrogen) atoms. The number of nitrogens with one attached hydrogen (secondary N) is 2. The fourth-order valence-corrected chi connectivity index (χ4v) is 4.41. The van der Waals surface area contributed by atoms with Gasteiger partial charge in [-0.3, -0.25) is 24.6 Å². The van der Waals surface area contributed by atoms with Crippen molar-refractivity contribution >= 4 is 42.1 Å². The highest BCUT2D eigenvalue weighted by Gasteiger charge is 2.55. The predicted octanol–water partition coefficient (Wildman–Crippen LogP) is 1.03. The molecule has 1 fully saturated rings. The van der Waals surface area contributed by atoms with E-state index in [9.17, 15) is 24.0 Å². The summed E-state index contributed by atoms with van der Waals surface area (Å²) < 4.78 is 16.0. The van der Waals surface area contributed by atoms with E-state index in [1.165, 1.54) is 16.7 Å². The highest BCUT2D eigenvalue weighted by atomic mass is 32.2. The maximum Gasteiger partial charge on any atom is 0.410 e. The van der Waals surface area contributed by atoms with Gasteiger partial charge in [-0.2, -0.15) is 0 Å². The number of nitrogens with zero attached hydrogens (tertiary/aromatic N) is 1. The monoisotopic (exact) mass is 471 g/mol. The van der Waals surface area contributed by atoms with Crippen LogP contribution in [0.1, 0.15) is 48.5 Å². The van der Waals surface area contributed by atoms with E-state index in [0.717, 1.165) is 6.92 Å². The molecular formula is C20H29N3O8S. The SMILES string of the molecule is CC(=O)OC(NC(=O)OC(C)(C)C)C1=C(C(=O)OC(C)(C)C)N2C(=O)[C@H](NC=O)[C@H]2SC1. The summed E-state index contributed by atoms with van der Waals surface area (Å²) >= 11 is 1.24. The van der Waals surface area contributed by atoms with Gasteiger partial charge in [0.25, 0.3) is 5.91 Å². The Morgan fingerprint density at radius 1 is 1.12 bits per heavy atom. The lowest BCUT2D eigenvalue weighted by atomic mass is 10.0. The van der Waals surface area contributed by atoms with Crippen LogP contribution in [0.15, 0.2) is 11.3 Å². The summed E-state index contributed by atoms with van der Waals surface area (Å²) in [5.41, 5.74) is -1.67. The Labute approximate surface area is 190 Å². The summed E-state index contributed by atoms with van der Waals surface area (Å²) in [4.78, 5) is 61.9. The summed E-state index contributed by atoms with van der Waals surface area (Å²) in [6.07, 6.45) is -1.83. The largest absolute Gasteiger partial charge is 0.455 e. The van der Waals surface area contributed by atoms with Gasteiger partial charge in [-0.1, -0.05) is 0 Å². The number of carbonyl (C=O) groups excluding carboxylic acids is 5. The second kappa shape index (κ2) is 9.39. The molecule has 12 heteroatoms. The fraction of sp³-hybridized carbons (Fsp3) is 0.650. The van der Waals surface area contributed by atoms with Gasteiger partial charge < -0.3 is 19.5 Å². The highest BCUT2D eigenvalue weighted by molar-refractivity contribution is 8.00. The quantitative estimate of drug-likeness (QED) is 0.191. The number of amides is 3. The van der Waals surface area contributed by atoms with Gasteiger partial charge in [-0.05, 0) is 41.5 Å². The van der Waals surface area contributed by atoms with E-state index in [1.807, 2.05) is 0 Å². The molecule has 0 aromatic heterocycles. The molecule has 2 rings (SSSR count). The minimum absolute atomic E-state index is 0.119. The van der Waals surface area contributed by atoms with Crippen LogP contribution in [-0.4, -0.2) is 69.8 Å². The van der Waals surface area contributed by atoms with E-state index >= 15 is 0 Å². The first-order valence-corrected chi connectivity index (χ1v) is 11.0. The third-order valence-corrected chi connectivity index (χ3v) is 5.39. The van der Waals surface area contributed by atoms with Gasteiger partial charge in [0.15, 0.2) is 0 Å². The molecule has 178 valence electrons. The minimum atomic E-state index is -1.37. The fourth-order valence-electron chi connectivity index (χ4n) is 3.02. The first kappa shape index (κ1) is 25.5. The number of esters is 2. The van der Waals surface area contributed by atoms with Crippen molar-refractivity contribution in [3.05, 3.63) is 11.3 Å². The molecule has 2 N–H and O–H groups in total. The van der Waals surface area contributed by atoms with Gasteiger partial charge in [-0.15, -0.1) is 11.8 Å². The van der Waals surface area contributed by atoms with E-state index in [2.05, 4.69) is 10.6 Å². The zero-order valence-corrected chi connectivity index (χ0v) is 20.0. The Balaban J connectivity index is 2.48. The molecule has 1 saturated heterocycles. The molecule has 2 heterocycles. The van der Waals surface area contributed by atoms with Crippen LogP contribution in [0.2, 0.25) is 0 Å². The standard InChI is InChI=1S/C20H29N3O8S/c1-10(25)29-14(22-18(28)31-20(5,6)7)11-8-32-16-12(21-9-24)15(26)23(16)13(11)17(27)30-19(2,3)4/h9,12,14,16H,8H2,1-7H3,(H,21,24)(H,22,28)/t12-,14?,16+/m0/s1. The Morgan fingerprint density at radius 3 is 2.22 bits per heavy atom. The first-order valence-electron chi connectivity index (χ1n) is 9.92. The third kappa shape index (κ3) is 6.15. The topological polar surface area (TPSA) is 140 Å². The molecule has 2 aliphatic heterocycles. The van der Waals surface area contributed by atoms with Crippen LogP contribution in [-0.2, 0) is 33.4 Å². The van der Waals surface area contributed by atoms with Crippen molar-refractivity contribution < 1.29 is 38.2 Å². The summed E-state index contributed by atoms with van der Waals surface area (Å²) in [5, 5.41) is 4.33. The van der Waals surface area contributed by atoms with E-state index in [4.69, 9.17) is 14.2 Å². The van der Waals surface area contributed by atoms with Crippen molar-refractivity contribution in [2.75, 3.05) is 5.75 Å². The zero-order valence-electron chi connectivity index (χ0n) is 19.1. The smallest absolute Gasteiger partial charge is 0.410 e. The van der Waals surface area contributed by atoms with Gasteiger partial charge in [0.2, 0.25) is 12.6 Å². The van der Waals surface area contributed by atoms with Gasteiger partial charge in [0.05, 0.1) is 0 Å². The van der Waals surface area contributed by atoms with Gasteiger partial charge >= 0.3 is 18.0 Å². The number of hydrogen-bond acceptors (Lipinski definition) is 9. The van der Waals surface area contributed by atoms with Crippen LogP contribution in [0, 0.1) is 0 Å². The van der Waals surface area contributed by atoms with E-state index in [-0.39, 0.29) is 17.0 Å². The van der Waals surface area contributed by atoms with Crippen molar-refractivity contribution in [2.45, 2.75) is 77.3 Å². The van der Waals surface area contributed by atoms with Crippen LogP contribution in [0.4, 0.5) is 4.79 Å². The molecule has 2 aliphatic rings. The number of β-lactam (4-membered cyclic amide) rings is 1. The van der Waals surface area contributed by atoms with Crippen molar-refractivity contribution in [2.24, 2.45) is 0 Å². The molecule has 3 atom stereocenters. The molecule has 0 aromatic carbocycles. The van der Waals surface area contributed by atoms with Crippen molar-refractivity contribution in [1.82, 2.24) is 15.5 Å². The number of fused-ring (bicyclic) bond motifs is 1. The summed E-state index contributed by atoms with van der Waals surface area (Å²) in [6.45, 7) is 11.1. The lowest BCUT2D eigenvalue weighted by molar-refractivity contribution is -0.159. The van der Waals surface area contributed by atoms with Crippen molar-refractivity contribution in [1.29, 1.82) is 0 Å². The average Bonchev–Trinajstić information content (AvgIpc) is 2.60. The Bertz CT molecular complexity index is 843. The zero-order chi connectivity index (χ0) is 24.4.